The van der Waals surface area contributed by atoms with Crippen LogP contribution in [-0.2, 0) is 12.7 Å². The fourth-order valence-electron chi connectivity index (χ4n) is 2.61. The molecule has 0 saturated carbocycles. The molecular formula is C19H17BrF3N3O2. The molecule has 2 aromatic carbocycles. The fourth-order valence-corrected chi connectivity index (χ4v) is 2.95. The summed E-state index contributed by atoms with van der Waals surface area (Å²) in [7, 11) is 1.56. The molecule has 5 nitrogen and oxygen atoms in total. The van der Waals surface area contributed by atoms with Gasteiger partial charge in [0.2, 0.25) is 0 Å². The van der Waals surface area contributed by atoms with Crippen LogP contribution in [0.1, 0.15) is 12.5 Å². The van der Waals surface area contributed by atoms with Crippen LogP contribution in [0.3, 0.4) is 0 Å². The number of benzene rings is 2. The highest BCUT2D eigenvalue weighted by Gasteiger charge is 2.30. The highest BCUT2D eigenvalue weighted by Crippen LogP contribution is 2.32. The molecule has 1 heterocycles. The van der Waals surface area contributed by atoms with Gasteiger partial charge in [-0.1, -0.05) is 33.3 Å². The molecular weight excluding hydrogens is 439 g/mol. The molecule has 148 valence electrons. The number of hydrogen-bond donors (Lipinski definition) is 0. The molecule has 1 atom stereocenters. The second kappa shape index (κ2) is 8.22. The van der Waals surface area contributed by atoms with Gasteiger partial charge < -0.3 is 9.47 Å². The number of nitrogens with zero attached hydrogens (tertiary/aromatic N) is 3. The van der Waals surface area contributed by atoms with E-state index in [0.29, 0.717) is 29.3 Å². The van der Waals surface area contributed by atoms with E-state index in [4.69, 9.17) is 9.47 Å². The first-order valence-corrected chi connectivity index (χ1v) is 9.13. The summed E-state index contributed by atoms with van der Waals surface area (Å²) in [6.07, 6.45) is -2.93. The third kappa shape index (κ3) is 4.83. The predicted octanol–water partition coefficient (Wildman–Crippen LogP) is 5.20. The Morgan fingerprint density at radius 2 is 1.82 bits per heavy atom. The lowest BCUT2D eigenvalue weighted by molar-refractivity contribution is -0.137. The minimum atomic E-state index is -4.36. The van der Waals surface area contributed by atoms with Gasteiger partial charge in [0.15, 0.2) is 11.5 Å². The van der Waals surface area contributed by atoms with Crippen molar-refractivity contribution in [3.05, 3.63) is 58.7 Å². The average molecular weight is 456 g/mol. The number of halogens is 4. The SMILES string of the molecule is COc1cc(Br)ccc1O[C@H](C)Cn1cc(-c2ccc(C(F)(F)F)cc2)nn1. The number of ether oxygens (including phenoxy) is 2. The van der Waals surface area contributed by atoms with Crippen molar-refractivity contribution >= 4 is 15.9 Å². The number of hydrogen-bond acceptors (Lipinski definition) is 4. The molecule has 1 aromatic heterocycles. The third-order valence-electron chi connectivity index (χ3n) is 3.94. The summed E-state index contributed by atoms with van der Waals surface area (Å²) in [5.74, 6) is 1.20. The first-order chi connectivity index (χ1) is 13.3. The van der Waals surface area contributed by atoms with Crippen molar-refractivity contribution in [1.29, 1.82) is 0 Å². The van der Waals surface area contributed by atoms with E-state index in [0.717, 1.165) is 16.6 Å². The first-order valence-electron chi connectivity index (χ1n) is 8.34. The van der Waals surface area contributed by atoms with E-state index in [1.807, 2.05) is 13.0 Å². The minimum absolute atomic E-state index is 0.239. The zero-order valence-corrected chi connectivity index (χ0v) is 16.7. The van der Waals surface area contributed by atoms with Crippen molar-refractivity contribution in [3.63, 3.8) is 0 Å². The molecule has 9 heteroatoms. The lowest BCUT2D eigenvalue weighted by atomic mass is 10.1. The van der Waals surface area contributed by atoms with Gasteiger partial charge in [-0.15, -0.1) is 5.10 Å². The minimum Gasteiger partial charge on any atom is -0.493 e. The van der Waals surface area contributed by atoms with Crippen molar-refractivity contribution in [2.45, 2.75) is 25.7 Å². The second-order valence-corrected chi connectivity index (χ2v) is 7.04. The molecule has 3 aromatic rings. The Morgan fingerprint density at radius 1 is 1.11 bits per heavy atom. The molecule has 0 amide bonds. The Labute approximate surface area is 168 Å². The third-order valence-corrected chi connectivity index (χ3v) is 4.44. The van der Waals surface area contributed by atoms with E-state index in [-0.39, 0.29) is 6.10 Å². The number of alkyl halides is 3. The summed E-state index contributed by atoms with van der Waals surface area (Å²) >= 11 is 3.38. The van der Waals surface area contributed by atoms with Crippen LogP contribution in [0.2, 0.25) is 0 Å². The van der Waals surface area contributed by atoms with Crippen molar-refractivity contribution in [1.82, 2.24) is 15.0 Å². The van der Waals surface area contributed by atoms with Crippen molar-refractivity contribution in [2.75, 3.05) is 7.11 Å². The molecule has 0 spiro atoms. The molecule has 0 unspecified atom stereocenters. The van der Waals surface area contributed by atoms with Crippen LogP contribution in [0.4, 0.5) is 13.2 Å². The largest absolute Gasteiger partial charge is 0.493 e. The Kier molecular flexibility index (Phi) is 5.93. The van der Waals surface area contributed by atoms with Gasteiger partial charge in [0, 0.05) is 10.0 Å². The summed E-state index contributed by atoms with van der Waals surface area (Å²) in [5.41, 5.74) is 0.346. The van der Waals surface area contributed by atoms with Gasteiger partial charge in [0.25, 0.3) is 0 Å². The summed E-state index contributed by atoms with van der Waals surface area (Å²) in [4.78, 5) is 0. The summed E-state index contributed by atoms with van der Waals surface area (Å²) in [6, 6.07) is 10.3. The summed E-state index contributed by atoms with van der Waals surface area (Å²) in [6.45, 7) is 2.29. The van der Waals surface area contributed by atoms with Crippen LogP contribution >= 0.6 is 15.9 Å². The number of methoxy groups -OCH3 is 1. The Hall–Kier alpha value is -2.55. The zero-order valence-electron chi connectivity index (χ0n) is 15.1. The van der Waals surface area contributed by atoms with Gasteiger partial charge in [-0.2, -0.15) is 13.2 Å². The van der Waals surface area contributed by atoms with Crippen LogP contribution in [0.25, 0.3) is 11.3 Å². The quantitative estimate of drug-likeness (QED) is 0.512. The molecule has 0 N–H and O–H groups in total. The lowest BCUT2D eigenvalue weighted by Crippen LogP contribution is -2.20. The normalized spacial score (nSPS) is 12.6. The maximum Gasteiger partial charge on any atom is 0.416 e. The second-order valence-electron chi connectivity index (χ2n) is 6.12. The van der Waals surface area contributed by atoms with Crippen LogP contribution in [-0.4, -0.2) is 28.2 Å². The van der Waals surface area contributed by atoms with Crippen molar-refractivity contribution < 1.29 is 22.6 Å². The molecule has 0 saturated heterocycles. The van der Waals surface area contributed by atoms with E-state index in [9.17, 15) is 13.2 Å². The van der Waals surface area contributed by atoms with Gasteiger partial charge in [-0.05, 0) is 37.3 Å². The number of aromatic nitrogens is 3. The van der Waals surface area contributed by atoms with E-state index in [2.05, 4.69) is 26.2 Å². The average Bonchev–Trinajstić information content (AvgIpc) is 3.11. The number of rotatable bonds is 6. The monoisotopic (exact) mass is 455 g/mol. The molecule has 28 heavy (non-hydrogen) atoms. The maximum atomic E-state index is 12.7. The zero-order chi connectivity index (χ0) is 20.3. The van der Waals surface area contributed by atoms with Gasteiger partial charge in [-0.25, -0.2) is 4.68 Å². The summed E-state index contributed by atoms with van der Waals surface area (Å²) < 4.78 is 51.7. The molecule has 0 fully saturated rings. The standard InChI is InChI=1S/C19H17BrF3N3O2/c1-12(28-17-8-7-15(20)9-18(17)27-2)10-26-11-16(24-25-26)13-3-5-14(6-4-13)19(21,22)23/h3-9,11-12H,10H2,1-2H3/t12-/m1/s1. The molecule has 0 radical (unpaired) electrons. The van der Waals surface area contributed by atoms with E-state index in [1.165, 1.54) is 12.1 Å². The van der Waals surface area contributed by atoms with E-state index < -0.39 is 11.7 Å². The van der Waals surface area contributed by atoms with Crippen molar-refractivity contribution in [3.8, 4) is 22.8 Å². The van der Waals surface area contributed by atoms with Crippen LogP contribution in [0, 0.1) is 0 Å². The highest BCUT2D eigenvalue weighted by molar-refractivity contribution is 9.10. The van der Waals surface area contributed by atoms with E-state index in [1.54, 1.807) is 30.1 Å². The van der Waals surface area contributed by atoms with Crippen LogP contribution in [0.15, 0.2) is 53.1 Å². The maximum absolute atomic E-state index is 12.7. The van der Waals surface area contributed by atoms with Crippen LogP contribution in [0.5, 0.6) is 11.5 Å². The van der Waals surface area contributed by atoms with Gasteiger partial charge >= 0.3 is 6.18 Å². The molecule has 0 aliphatic carbocycles. The first kappa shape index (κ1) is 20.2. The smallest absolute Gasteiger partial charge is 0.416 e. The van der Waals surface area contributed by atoms with Crippen LogP contribution < -0.4 is 9.47 Å². The fraction of sp³-hybridized carbons (Fsp3) is 0.263. The molecule has 0 aliphatic heterocycles. The topological polar surface area (TPSA) is 49.2 Å². The molecule has 0 bridgehead atoms. The van der Waals surface area contributed by atoms with Crippen molar-refractivity contribution in [2.24, 2.45) is 0 Å². The van der Waals surface area contributed by atoms with Gasteiger partial charge in [-0.3, -0.25) is 0 Å². The molecule has 3 rings (SSSR count). The highest BCUT2D eigenvalue weighted by atomic mass is 79.9. The summed E-state index contributed by atoms with van der Waals surface area (Å²) in [5, 5.41) is 8.06. The Morgan fingerprint density at radius 3 is 2.46 bits per heavy atom. The molecule has 0 aliphatic rings. The Bertz CT molecular complexity index is 942. The van der Waals surface area contributed by atoms with Gasteiger partial charge in [0.1, 0.15) is 11.8 Å². The Balaban J connectivity index is 1.67. The van der Waals surface area contributed by atoms with Gasteiger partial charge in [0.05, 0.1) is 25.4 Å². The lowest BCUT2D eigenvalue weighted by Gasteiger charge is -2.16. The van der Waals surface area contributed by atoms with E-state index >= 15 is 0 Å². The predicted molar refractivity (Wildman–Crippen MR) is 101 cm³/mol.